The van der Waals surface area contributed by atoms with Crippen molar-refractivity contribution in [3.05, 3.63) is 42.2 Å². The van der Waals surface area contributed by atoms with Crippen molar-refractivity contribution in [2.45, 2.75) is 65.7 Å². The molecular weight excluding hydrogens is 324 g/mol. The first-order valence-corrected chi connectivity index (χ1v) is 9.77. The fourth-order valence-electron chi connectivity index (χ4n) is 2.83. The number of esters is 1. The van der Waals surface area contributed by atoms with E-state index in [4.69, 9.17) is 4.74 Å². The third-order valence-electron chi connectivity index (χ3n) is 4.48. The highest BCUT2D eigenvalue weighted by Crippen LogP contribution is 2.21. The molecule has 1 heterocycles. The fourth-order valence-corrected chi connectivity index (χ4v) is 2.83. The van der Waals surface area contributed by atoms with Gasteiger partial charge in [-0.1, -0.05) is 46.5 Å². The average Bonchev–Trinajstić information content (AvgIpc) is 2.66. The van der Waals surface area contributed by atoms with E-state index in [-0.39, 0.29) is 11.9 Å². The van der Waals surface area contributed by atoms with Crippen molar-refractivity contribution < 1.29 is 9.53 Å². The van der Waals surface area contributed by atoms with Crippen LogP contribution in [0.3, 0.4) is 0 Å². The second-order valence-electron chi connectivity index (χ2n) is 6.86. The van der Waals surface area contributed by atoms with Gasteiger partial charge in [0.1, 0.15) is 5.75 Å². The predicted molar refractivity (Wildman–Crippen MR) is 105 cm³/mol. The number of carbonyl (C=O) groups excluding carboxylic acids is 1. The summed E-state index contributed by atoms with van der Waals surface area (Å²) >= 11 is 0. The molecule has 0 bridgehead atoms. The van der Waals surface area contributed by atoms with Crippen LogP contribution in [0.25, 0.3) is 11.4 Å². The molecule has 0 amide bonds. The van der Waals surface area contributed by atoms with Crippen LogP contribution in [-0.2, 0) is 11.2 Å². The smallest absolute Gasteiger partial charge is 0.314 e. The van der Waals surface area contributed by atoms with Crippen LogP contribution in [0.2, 0.25) is 0 Å². The number of nitrogens with zero attached hydrogens (tertiary/aromatic N) is 2. The first kappa shape index (κ1) is 20.1. The number of hydrogen-bond acceptors (Lipinski definition) is 4. The Kier molecular flexibility index (Phi) is 8.26. The third-order valence-corrected chi connectivity index (χ3v) is 4.48. The Balaban J connectivity index is 1.92. The predicted octanol–water partition coefficient (Wildman–Crippen LogP) is 5.61. The minimum atomic E-state index is -0.178. The van der Waals surface area contributed by atoms with Crippen molar-refractivity contribution in [2.24, 2.45) is 5.92 Å². The largest absolute Gasteiger partial charge is 0.426 e. The van der Waals surface area contributed by atoms with Crippen LogP contribution in [0.1, 0.15) is 64.9 Å². The average molecular weight is 354 g/mol. The van der Waals surface area contributed by atoms with E-state index in [0.717, 1.165) is 24.8 Å². The molecule has 1 atom stereocenters. The monoisotopic (exact) mass is 354 g/mol. The van der Waals surface area contributed by atoms with Gasteiger partial charge < -0.3 is 4.74 Å². The highest BCUT2D eigenvalue weighted by molar-refractivity contribution is 5.75. The van der Waals surface area contributed by atoms with E-state index in [0.29, 0.717) is 11.6 Å². The lowest BCUT2D eigenvalue weighted by Crippen LogP contribution is -2.17. The molecule has 1 aromatic carbocycles. The van der Waals surface area contributed by atoms with Gasteiger partial charge in [0.2, 0.25) is 0 Å². The first-order valence-electron chi connectivity index (χ1n) is 9.77. The van der Waals surface area contributed by atoms with Crippen LogP contribution in [0.4, 0.5) is 0 Å². The molecule has 0 saturated carbocycles. The van der Waals surface area contributed by atoms with Crippen molar-refractivity contribution in [1.29, 1.82) is 0 Å². The first-order chi connectivity index (χ1) is 12.6. The van der Waals surface area contributed by atoms with Crippen LogP contribution in [0.15, 0.2) is 36.7 Å². The Morgan fingerprint density at radius 1 is 1.00 bits per heavy atom. The van der Waals surface area contributed by atoms with E-state index in [1.165, 1.54) is 31.2 Å². The number of carbonyl (C=O) groups is 1. The van der Waals surface area contributed by atoms with Crippen LogP contribution >= 0.6 is 0 Å². The van der Waals surface area contributed by atoms with Crippen molar-refractivity contribution in [1.82, 2.24) is 9.97 Å². The Morgan fingerprint density at radius 3 is 2.31 bits per heavy atom. The molecule has 1 aromatic heterocycles. The molecule has 0 N–H and O–H groups in total. The molecule has 1 unspecified atom stereocenters. The molecule has 26 heavy (non-hydrogen) atoms. The van der Waals surface area contributed by atoms with E-state index < -0.39 is 0 Å². The summed E-state index contributed by atoms with van der Waals surface area (Å²) in [6.45, 7) is 6.18. The molecule has 4 nitrogen and oxygen atoms in total. The van der Waals surface area contributed by atoms with Gasteiger partial charge in [0, 0.05) is 18.0 Å². The fraction of sp³-hybridized carbons (Fsp3) is 0.500. The summed E-state index contributed by atoms with van der Waals surface area (Å²) in [5, 5.41) is 0. The van der Waals surface area contributed by atoms with Gasteiger partial charge in [-0.3, -0.25) is 4.79 Å². The Morgan fingerprint density at radius 2 is 1.69 bits per heavy atom. The van der Waals surface area contributed by atoms with Crippen molar-refractivity contribution in [2.75, 3.05) is 0 Å². The van der Waals surface area contributed by atoms with Gasteiger partial charge in [-0.15, -0.1) is 0 Å². The highest BCUT2D eigenvalue weighted by Gasteiger charge is 2.14. The van der Waals surface area contributed by atoms with Crippen molar-refractivity contribution in [3.8, 4) is 17.1 Å². The number of aromatic nitrogens is 2. The van der Waals surface area contributed by atoms with E-state index in [9.17, 15) is 4.79 Å². The molecular formula is C22H30N2O2. The van der Waals surface area contributed by atoms with Gasteiger partial charge in [-0.25, -0.2) is 9.97 Å². The molecule has 0 aliphatic carbocycles. The molecule has 0 aliphatic rings. The van der Waals surface area contributed by atoms with Gasteiger partial charge in [-0.2, -0.15) is 0 Å². The SMILES string of the molecule is CCCCCCc1cnc(-c2ccc(OC(=O)C(C)CCC)cc2)nc1. The van der Waals surface area contributed by atoms with Crippen LogP contribution in [-0.4, -0.2) is 15.9 Å². The second-order valence-corrected chi connectivity index (χ2v) is 6.86. The molecule has 0 aliphatic heterocycles. The lowest BCUT2D eigenvalue weighted by atomic mass is 10.1. The maximum absolute atomic E-state index is 12.0. The summed E-state index contributed by atoms with van der Waals surface area (Å²) < 4.78 is 5.42. The standard InChI is InChI=1S/C22H30N2O2/c1-4-6-7-8-10-18-15-23-21(24-16-18)19-11-13-20(14-12-19)26-22(25)17(3)9-5-2/h11-17H,4-10H2,1-3H3. The van der Waals surface area contributed by atoms with Crippen LogP contribution < -0.4 is 4.74 Å². The van der Waals surface area contributed by atoms with Gasteiger partial charge in [0.25, 0.3) is 0 Å². The van der Waals surface area contributed by atoms with Crippen molar-refractivity contribution in [3.63, 3.8) is 0 Å². The summed E-state index contributed by atoms with van der Waals surface area (Å²) in [6.07, 6.45) is 11.7. The quantitative estimate of drug-likeness (QED) is 0.316. The molecule has 0 fully saturated rings. The zero-order chi connectivity index (χ0) is 18.8. The number of hydrogen-bond donors (Lipinski definition) is 0. The van der Waals surface area contributed by atoms with E-state index in [1.807, 2.05) is 31.5 Å². The molecule has 4 heteroatoms. The molecule has 140 valence electrons. The second kappa shape index (κ2) is 10.7. The summed E-state index contributed by atoms with van der Waals surface area (Å²) in [5.41, 5.74) is 2.10. The zero-order valence-corrected chi connectivity index (χ0v) is 16.2. The summed E-state index contributed by atoms with van der Waals surface area (Å²) in [5.74, 6) is 1.00. The minimum absolute atomic E-state index is 0.0760. The molecule has 2 rings (SSSR count). The minimum Gasteiger partial charge on any atom is -0.426 e. The number of aryl methyl sites for hydroxylation is 1. The molecule has 0 radical (unpaired) electrons. The lowest BCUT2D eigenvalue weighted by Gasteiger charge is -2.10. The molecule has 2 aromatic rings. The normalized spacial score (nSPS) is 12.0. The van der Waals surface area contributed by atoms with E-state index in [1.54, 1.807) is 12.1 Å². The Bertz CT molecular complexity index is 666. The van der Waals surface area contributed by atoms with E-state index in [2.05, 4.69) is 23.8 Å². The summed E-state index contributed by atoms with van der Waals surface area (Å²) in [6, 6.07) is 7.38. The van der Waals surface area contributed by atoms with Crippen LogP contribution in [0, 0.1) is 5.92 Å². The van der Waals surface area contributed by atoms with Crippen molar-refractivity contribution >= 4 is 5.97 Å². The maximum Gasteiger partial charge on any atom is 0.314 e. The number of unbranched alkanes of at least 4 members (excludes halogenated alkanes) is 3. The third kappa shape index (κ3) is 6.25. The lowest BCUT2D eigenvalue weighted by molar-refractivity contribution is -0.138. The zero-order valence-electron chi connectivity index (χ0n) is 16.2. The Labute approximate surface area is 157 Å². The topological polar surface area (TPSA) is 52.1 Å². The summed E-state index contributed by atoms with van der Waals surface area (Å²) in [7, 11) is 0. The van der Waals surface area contributed by atoms with Crippen LogP contribution in [0.5, 0.6) is 5.75 Å². The van der Waals surface area contributed by atoms with Gasteiger partial charge in [0.05, 0.1) is 5.92 Å². The highest BCUT2D eigenvalue weighted by atomic mass is 16.5. The summed E-state index contributed by atoms with van der Waals surface area (Å²) in [4.78, 5) is 20.9. The number of ether oxygens (including phenoxy) is 1. The number of benzene rings is 1. The van der Waals surface area contributed by atoms with E-state index >= 15 is 0 Å². The van der Waals surface area contributed by atoms with Gasteiger partial charge in [0.15, 0.2) is 5.82 Å². The molecule has 0 saturated heterocycles. The number of rotatable bonds is 10. The Hall–Kier alpha value is -2.23. The van der Waals surface area contributed by atoms with Gasteiger partial charge >= 0.3 is 5.97 Å². The van der Waals surface area contributed by atoms with Gasteiger partial charge in [-0.05, 0) is 49.1 Å². The molecule has 0 spiro atoms. The maximum atomic E-state index is 12.0.